The standard InChI is InChI=1S/C18H21ClN2O2/c1-11-7-12(2)17(16(19)8-11)21-18(23)13(3)20-15-6-4-5-14(9-15)10-22/h4-9,13,20,22H,10H2,1-3H3,(H,21,23). The summed E-state index contributed by atoms with van der Waals surface area (Å²) in [6, 6.07) is 10.7. The second-order valence-electron chi connectivity index (χ2n) is 5.65. The Morgan fingerprint density at radius 3 is 2.65 bits per heavy atom. The molecule has 2 aromatic rings. The monoisotopic (exact) mass is 332 g/mol. The lowest BCUT2D eigenvalue weighted by atomic mass is 10.1. The van der Waals surface area contributed by atoms with Crippen LogP contribution in [0.3, 0.4) is 0 Å². The van der Waals surface area contributed by atoms with E-state index < -0.39 is 6.04 Å². The Morgan fingerprint density at radius 1 is 1.26 bits per heavy atom. The number of nitrogens with one attached hydrogen (secondary N) is 2. The summed E-state index contributed by atoms with van der Waals surface area (Å²) in [6.45, 7) is 5.62. The number of amides is 1. The molecule has 0 saturated carbocycles. The van der Waals surface area contributed by atoms with Gasteiger partial charge < -0.3 is 15.7 Å². The number of hydrogen-bond acceptors (Lipinski definition) is 3. The Balaban J connectivity index is 2.08. The summed E-state index contributed by atoms with van der Waals surface area (Å²) in [7, 11) is 0. The first-order valence-corrected chi connectivity index (χ1v) is 7.82. The van der Waals surface area contributed by atoms with Gasteiger partial charge in [0.1, 0.15) is 6.04 Å². The van der Waals surface area contributed by atoms with Crippen LogP contribution in [0.25, 0.3) is 0 Å². The molecule has 0 heterocycles. The molecule has 0 aromatic heterocycles. The van der Waals surface area contributed by atoms with Gasteiger partial charge in [0, 0.05) is 5.69 Å². The van der Waals surface area contributed by atoms with Crippen LogP contribution in [0.1, 0.15) is 23.6 Å². The van der Waals surface area contributed by atoms with E-state index in [2.05, 4.69) is 10.6 Å². The summed E-state index contributed by atoms with van der Waals surface area (Å²) >= 11 is 6.22. The van der Waals surface area contributed by atoms with Gasteiger partial charge in [0.25, 0.3) is 0 Å². The minimum atomic E-state index is -0.444. The van der Waals surface area contributed by atoms with Crippen molar-refractivity contribution in [3.05, 3.63) is 58.1 Å². The zero-order chi connectivity index (χ0) is 17.0. The van der Waals surface area contributed by atoms with Gasteiger partial charge in [0.05, 0.1) is 17.3 Å². The third-order valence-electron chi connectivity index (χ3n) is 3.57. The molecule has 0 saturated heterocycles. The van der Waals surface area contributed by atoms with Crippen LogP contribution in [0.4, 0.5) is 11.4 Å². The Kier molecular flexibility index (Phi) is 5.64. The highest BCUT2D eigenvalue weighted by Crippen LogP contribution is 2.27. The fourth-order valence-corrected chi connectivity index (χ4v) is 2.75. The number of hydrogen-bond donors (Lipinski definition) is 3. The van der Waals surface area contributed by atoms with Crippen molar-refractivity contribution in [1.82, 2.24) is 0 Å². The summed E-state index contributed by atoms with van der Waals surface area (Å²) in [4.78, 5) is 12.4. The molecule has 0 aliphatic carbocycles. The fraction of sp³-hybridized carbons (Fsp3) is 0.278. The summed E-state index contributed by atoms with van der Waals surface area (Å²) < 4.78 is 0. The molecule has 2 rings (SSSR count). The smallest absolute Gasteiger partial charge is 0.246 e. The van der Waals surface area contributed by atoms with Crippen molar-refractivity contribution in [3.63, 3.8) is 0 Å². The van der Waals surface area contributed by atoms with E-state index in [4.69, 9.17) is 16.7 Å². The van der Waals surface area contributed by atoms with Crippen LogP contribution in [0.5, 0.6) is 0 Å². The zero-order valence-corrected chi connectivity index (χ0v) is 14.2. The van der Waals surface area contributed by atoms with Gasteiger partial charge in [-0.25, -0.2) is 0 Å². The van der Waals surface area contributed by atoms with Crippen molar-refractivity contribution >= 4 is 28.9 Å². The number of carbonyl (C=O) groups is 1. The number of anilines is 2. The van der Waals surface area contributed by atoms with Crippen molar-refractivity contribution in [3.8, 4) is 0 Å². The number of aliphatic hydroxyl groups excluding tert-OH is 1. The molecular weight excluding hydrogens is 312 g/mol. The van der Waals surface area contributed by atoms with Gasteiger partial charge in [-0.2, -0.15) is 0 Å². The highest BCUT2D eigenvalue weighted by atomic mass is 35.5. The fourth-order valence-electron chi connectivity index (χ4n) is 2.38. The second-order valence-corrected chi connectivity index (χ2v) is 6.06. The quantitative estimate of drug-likeness (QED) is 0.778. The highest BCUT2D eigenvalue weighted by Gasteiger charge is 2.16. The average Bonchev–Trinajstić information content (AvgIpc) is 2.50. The van der Waals surface area contributed by atoms with Gasteiger partial charge >= 0.3 is 0 Å². The molecule has 0 aliphatic rings. The minimum absolute atomic E-state index is 0.0335. The normalized spacial score (nSPS) is 11.9. The van der Waals surface area contributed by atoms with Gasteiger partial charge in [-0.05, 0) is 55.7 Å². The number of carbonyl (C=O) groups excluding carboxylic acids is 1. The van der Waals surface area contributed by atoms with E-state index in [9.17, 15) is 4.79 Å². The van der Waals surface area contributed by atoms with Crippen LogP contribution >= 0.6 is 11.6 Å². The zero-order valence-electron chi connectivity index (χ0n) is 13.5. The first-order chi connectivity index (χ1) is 10.9. The SMILES string of the molecule is Cc1cc(C)c(NC(=O)C(C)Nc2cccc(CO)c2)c(Cl)c1. The first-order valence-electron chi connectivity index (χ1n) is 7.44. The molecule has 0 spiro atoms. The van der Waals surface area contributed by atoms with Crippen LogP contribution in [-0.2, 0) is 11.4 Å². The molecule has 122 valence electrons. The predicted molar refractivity (Wildman–Crippen MR) is 95.0 cm³/mol. The summed E-state index contributed by atoms with van der Waals surface area (Å²) in [6.07, 6.45) is 0. The molecule has 1 unspecified atom stereocenters. The predicted octanol–water partition coefficient (Wildman–Crippen LogP) is 3.89. The van der Waals surface area contributed by atoms with Crippen LogP contribution in [0.15, 0.2) is 36.4 Å². The molecule has 23 heavy (non-hydrogen) atoms. The Hall–Kier alpha value is -2.04. The lowest BCUT2D eigenvalue weighted by Crippen LogP contribution is -2.32. The summed E-state index contributed by atoms with van der Waals surface area (Å²) in [5, 5.41) is 15.7. The third-order valence-corrected chi connectivity index (χ3v) is 3.86. The largest absolute Gasteiger partial charge is 0.392 e. The van der Waals surface area contributed by atoms with Crippen LogP contribution < -0.4 is 10.6 Å². The molecule has 1 amide bonds. The van der Waals surface area contributed by atoms with Gasteiger partial charge in [0.2, 0.25) is 5.91 Å². The Bertz CT molecular complexity index is 693. The Labute approximate surface area is 141 Å². The van der Waals surface area contributed by atoms with E-state index in [0.29, 0.717) is 10.7 Å². The average molecular weight is 333 g/mol. The maximum absolute atomic E-state index is 12.4. The molecule has 5 heteroatoms. The molecule has 0 aliphatic heterocycles. The number of benzene rings is 2. The van der Waals surface area contributed by atoms with Gasteiger partial charge in [0.15, 0.2) is 0 Å². The summed E-state index contributed by atoms with van der Waals surface area (Å²) in [5.41, 5.74) is 4.20. The molecular formula is C18H21ClN2O2. The highest BCUT2D eigenvalue weighted by molar-refractivity contribution is 6.34. The number of aliphatic hydroxyl groups is 1. The molecule has 3 N–H and O–H groups in total. The maximum atomic E-state index is 12.4. The van der Waals surface area contributed by atoms with Gasteiger partial charge in [-0.15, -0.1) is 0 Å². The summed E-state index contributed by atoms with van der Waals surface area (Å²) in [5.74, 6) is -0.173. The van der Waals surface area contributed by atoms with Crippen molar-refractivity contribution in [2.45, 2.75) is 33.4 Å². The Morgan fingerprint density at radius 2 is 2.00 bits per heavy atom. The van der Waals surface area contributed by atoms with E-state index in [1.54, 1.807) is 6.92 Å². The van der Waals surface area contributed by atoms with E-state index in [-0.39, 0.29) is 12.5 Å². The van der Waals surface area contributed by atoms with E-state index in [0.717, 1.165) is 22.4 Å². The molecule has 0 radical (unpaired) electrons. The third kappa shape index (κ3) is 4.47. The lowest BCUT2D eigenvalue weighted by Gasteiger charge is -2.18. The van der Waals surface area contributed by atoms with Gasteiger partial charge in [-0.3, -0.25) is 4.79 Å². The molecule has 4 nitrogen and oxygen atoms in total. The van der Waals surface area contributed by atoms with Crippen molar-refractivity contribution < 1.29 is 9.90 Å². The van der Waals surface area contributed by atoms with E-state index in [1.807, 2.05) is 50.2 Å². The maximum Gasteiger partial charge on any atom is 0.246 e. The topological polar surface area (TPSA) is 61.4 Å². The van der Waals surface area contributed by atoms with Crippen LogP contribution in [0.2, 0.25) is 5.02 Å². The number of aryl methyl sites for hydroxylation is 2. The molecule has 1 atom stereocenters. The van der Waals surface area contributed by atoms with E-state index >= 15 is 0 Å². The molecule has 2 aromatic carbocycles. The first kappa shape index (κ1) is 17.3. The van der Waals surface area contributed by atoms with Crippen molar-refractivity contribution in [2.24, 2.45) is 0 Å². The van der Waals surface area contributed by atoms with Crippen LogP contribution in [-0.4, -0.2) is 17.1 Å². The second kappa shape index (κ2) is 7.49. The van der Waals surface area contributed by atoms with Crippen molar-refractivity contribution in [1.29, 1.82) is 0 Å². The molecule has 0 bridgehead atoms. The van der Waals surface area contributed by atoms with Gasteiger partial charge in [-0.1, -0.05) is 29.8 Å². The van der Waals surface area contributed by atoms with E-state index in [1.165, 1.54) is 0 Å². The number of rotatable bonds is 5. The number of halogens is 1. The van der Waals surface area contributed by atoms with Crippen molar-refractivity contribution in [2.75, 3.05) is 10.6 Å². The minimum Gasteiger partial charge on any atom is -0.392 e. The lowest BCUT2D eigenvalue weighted by molar-refractivity contribution is -0.116. The van der Waals surface area contributed by atoms with Crippen LogP contribution in [0, 0.1) is 13.8 Å². The molecule has 0 fully saturated rings.